The number of nitrogens with one attached hydrogen (secondary N) is 1. The van der Waals surface area contributed by atoms with E-state index in [-0.39, 0.29) is 19.0 Å². The molecule has 0 saturated carbocycles. The van der Waals surface area contributed by atoms with Crippen molar-refractivity contribution in [3.63, 3.8) is 0 Å². The van der Waals surface area contributed by atoms with E-state index in [0.717, 1.165) is 12.6 Å². The van der Waals surface area contributed by atoms with Crippen molar-refractivity contribution in [3.05, 3.63) is 23.8 Å². The Bertz CT molecular complexity index is 621. The van der Waals surface area contributed by atoms with Crippen LogP contribution in [0.4, 0.5) is 13.2 Å². The minimum absolute atomic E-state index is 0.0523. The van der Waals surface area contributed by atoms with Crippen molar-refractivity contribution >= 4 is 11.9 Å². The Labute approximate surface area is 143 Å². The normalized spacial score (nSPS) is 11.8. The summed E-state index contributed by atoms with van der Waals surface area (Å²) < 4.78 is 46.9. The van der Waals surface area contributed by atoms with Crippen molar-refractivity contribution in [3.8, 4) is 11.5 Å². The van der Waals surface area contributed by atoms with Gasteiger partial charge in [0.15, 0.2) is 17.5 Å². The van der Waals surface area contributed by atoms with Crippen LogP contribution in [0, 0.1) is 0 Å². The van der Waals surface area contributed by atoms with Gasteiger partial charge in [0.05, 0.1) is 27.3 Å². The third kappa shape index (κ3) is 7.19. The van der Waals surface area contributed by atoms with Gasteiger partial charge in [0.2, 0.25) is 5.91 Å². The van der Waals surface area contributed by atoms with Gasteiger partial charge >= 0.3 is 6.18 Å². The number of methoxy groups -OCH3 is 2. The van der Waals surface area contributed by atoms with Crippen molar-refractivity contribution < 1.29 is 27.4 Å². The maximum Gasteiger partial charge on any atom is 0.406 e. The van der Waals surface area contributed by atoms with E-state index >= 15 is 0 Å². The Kier molecular flexibility index (Phi) is 7.34. The summed E-state index contributed by atoms with van der Waals surface area (Å²) in [7, 11) is 4.09. The van der Waals surface area contributed by atoms with Crippen LogP contribution in [0.25, 0.3) is 0 Å². The van der Waals surface area contributed by atoms with Gasteiger partial charge in [-0.25, -0.2) is 4.99 Å². The average Bonchev–Trinajstić information content (AvgIpc) is 2.55. The number of nitrogens with two attached hydrogens (primary N) is 1. The summed E-state index contributed by atoms with van der Waals surface area (Å²) in [6.45, 7) is -1.50. The van der Waals surface area contributed by atoms with Crippen molar-refractivity contribution in [2.45, 2.75) is 12.7 Å². The van der Waals surface area contributed by atoms with E-state index in [1.807, 2.05) is 0 Å². The minimum Gasteiger partial charge on any atom is -0.493 e. The van der Waals surface area contributed by atoms with Crippen LogP contribution in [-0.2, 0) is 11.3 Å². The Hall–Kier alpha value is -2.65. The number of likely N-dealkylation sites (N-methyl/N-ethyl adjacent to an activating group) is 1. The van der Waals surface area contributed by atoms with Gasteiger partial charge in [0.1, 0.15) is 6.54 Å². The van der Waals surface area contributed by atoms with Crippen LogP contribution < -0.4 is 20.5 Å². The monoisotopic (exact) mass is 362 g/mol. The van der Waals surface area contributed by atoms with Crippen molar-refractivity contribution in [1.29, 1.82) is 0 Å². The summed E-state index contributed by atoms with van der Waals surface area (Å²) in [5.74, 6) is 0.301. The molecule has 0 atom stereocenters. The molecule has 1 aromatic carbocycles. The number of aliphatic imine (C=N–C) groups is 1. The molecule has 10 heteroatoms. The van der Waals surface area contributed by atoms with E-state index in [1.165, 1.54) is 14.2 Å². The van der Waals surface area contributed by atoms with Gasteiger partial charge in [0, 0.05) is 7.05 Å². The van der Waals surface area contributed by atoms with Gasteiger partial charge in [-0.05, 0) is 17.7 Å². The fraction of sp³-hybridized carbons (Fsp3) is 0.467. The fourth-order valence-electron chi connectivity index (χ4n) is 1.87. The van der Waals surface area contributed by atoms with E-state index < -0.39 is 18.6 Å². The molecule has 0 saturated heterocycles. The Balaban J connectivity index is 2.55. The van der Waals surface area contributed by atoms with Crippen LogP contribution in [0.1, 0.15) is 5.56 Å². The van der Waals surface area contributed by atoms with E-state index in [4.69, 9.17) is 15.2 Å². The molecular formula is C15H21F3N4O3. The second kappa shape index (κ2) is 9.00. The van der Waals surface area contributed by atoms with Gasteiger partial charge in [-0.15, -0.1) is 0 Å². The van der Waals surface area contributed by atoms with Crippen molar-refractivity contribution in [2.24, 2.45) is 10.7 Å². The molecule has 0 aliphatic heterocycles. The van der Waals surface area contributed by atoms with Crippen molar-refractivity contribution in [1.82, 2.24) is 10.2 Å². The number of alkyl halides is 3. The molecule has 0 aliphatic rings. The fourth-order valence-corrected chi connectivity index (χ4v) is 1.87. The number of carbonyl (C=O) groups is 1. The summed E-state index contributed by atoms with van der Waals surface area (Å²) >= 11 is 0. The maximum atomic E-state index is 12.2. The lowest BCUT2D eigenvalue weighted by Gasteiger charge is -2.19. The smallest absolute Gasteiger partial charge is 0.406 e. The predicted molar refractivity (Wildman–Crippen MR) is 86.6 cm³/mol. The largest absolute Gasteiger partial charge is 0.493 e. The molecule has 25 heavy (non-hydrogen) atoms. The number of nitrogens with zero attached hydrogens (tertiary/aromatic N) is 2. The van der Waals surface area contributed by atoms with Crippen LogP contribution in [0.3, 0.4) is 0 Å². The molecule has 0 spiro atoms. The van der Waals surface area contributed by atoms with Gasteiger partial charge < -0.3 is 25.4 Å². The Morgan fingerprint density at radius 1 is 1.28 bits per heavy atom. The number of rotatable bonds is 7. The third-order valence-electron chi connectivity index (χ3n) is 3.14. The second-order valence-electron chi connectivity index (χ2n) is 5.11. The zero-order valence-electron chi connectivity index (χ0n) is 14.2. The quantitative estimate of drug-likeness (QED) is 0.561. The molecule has 140 valence electrons. The summed E-state index contributed by atoms with van der Waals surface area (Å²) in [5.41, 5.74) is 6.39. The SMILES string of the molecule is COc1ccc(CN=C(N)NCC(=O)N(C)CC(F)(F)F)cc1OC. The van der Waals surface area contributed by atoms with Gasteiger partial charge in [-0.3, -0.25) is 4.79 Å². The molecule has 0 radical (unpaired) electrons. The molecule has 1 rings (SSSR count). The molecule has 0 fully saturated rings. The first kappa shape index (κ1) is 20.4. The maximum absolute atomic E-state index is 12.2. The predicted octanol–water partition coefficient (Wildman–Crippen LogP) is 1.13. The minimum atomic E-state index is -4.45. The molecule has 0 aliphatic carbocycles. The number of guanidine groups is 1. The molecule has 0 unspecified atom stereocenters. The zero-order valence-corrected chi connectivity index (χ0v) is 14.2. The first-order valence-electron chi connectivity index (χ1n) is 7.21. The van der Waals surface area contributed by atoms with E-state index in [1.54, 1.807) is 18.2 Å². The number of hydrogen-bond donors (Lipinski definition) is 2. The first-order chi connectivity index (χ1) is 11.7. The van der Waals surface area contributed by atoms with Crippen molar-refractivity contribution in [2.75, 3.05) is 34.4 Å². The molecule has 1 amide bonds. The number of hydrogen-bond acceptors (Lipinski definition) is 4. The van der Waals surface area contributed by atoms with Crippen LogP contribution in [-0.4, -0.2) is 57.3 Å². The highest BCUT2D eigenvalue weighted by molar-refractivity contribution is 5.85. The van der Waals surface area contributed by atoms with Crippen LogP contribution in [0.15, 0.2) is 23.2 Å². The molecule has 0 bridgehead atoms. The first-order valence-corrected chi connectivity index (χ1v) is 7.21. The van der Waals surface area contributed by atoms with E-state index in [9.17, 15) is 18.0 Å². The number of amides is 1. The summed E-state index contributed by atoms with van der Waals surface area (Å²) in [6.07, 6.45) is -4.45. The van der Waals surface area contributed by atoms with Crippen LogP contribution >= 0.6 is 0 Å². The van der Waals surface area contributed by atoms with Gasteiger partial charge in [0.25, 0.3) is 0 Å². The van der Waals surface area contributed by atoms with E-state index in [2.05, 4.69) is 10.3 Å². The summed E-state index contributed by atoms with van der Waals surface area (Å²) in [6, 6.07) is 5.20. The number of carbonyl (C=O) groups excluding carboxylic acids is 1. The van der Waals surface area contributed by atoms with E-state index in [0.29, 0.717) is 16.4 Å². The number of benzene rings is 1. The highest BCUT2D eigenvalue weighted by Crippen LogP contribution is 2.27. The lowest BCUT2D eigenvalue weighted by atomic mass is 10.2. The lowest BCUT2D eigenvalue weighted by molar-refractivity contribution is -0.157. The van der Waals surface area contributed by atoms with Crippen LogP contribution in [0.5, 0.6) is 11.5 Å². The van der Waals surface area contributed by atoms with Crippen LogP contribution in [0.2, 0.25) is 0 Å². The number of ether oxygens (including phenoxy) is 2. The molecule has 0 aromatic heterocycles. The standard InChI is InChI=1S/C15H21F3N4O3/c1-22(9-15(16,17)18)13(23)8-21-14(19)20-7-10-4-5-11(24-2)12(6-10)25-3/h4-6H,7-9H2,1-3H3,(H3,19,20,21). The Morgan fingerprint density at radius 3 is 2.48 bits per heavy atom. The highest BCUT2D eigenvalue weighted by Gasteiger charge is 2.30. The average molecular weight is 362 g/mol. The van der Waals surface area contributed by atoms with Gasteiger partial charge in [-0.2, -0.15) is 13.2 Å². The summed E-state index contributed by atoms with van der Waals surface area (Å²) in [4.78, 5) is 16.2. The molecule has 1 aromatic rings. The molecule has 7 nitrogen and oxygen atoms in total. The third-order valence-corrected chi connectivity index (χ3v) is 3.14. The van der Waals surface area contributed by atoms with Gasteiger partial charge in [-0.1, -0.05) is 6.07 Å². The molecular weight excluding hydrogens is 341 g/mol. The number of halogens is 3. The highest BCUT2D eigenvalue weighted by atomic mass is 19.4. The topological polar surface area (TPSA) is 89.2 Å². The zero-order chi connectivity index (χ0) is 19.0. The lowest BCUT2D eigenvalue weighted by Crippen LogP contribution is -2.44. The molecule has 0 heterocycles. The molecule has 3 N–H and O–H groups in total. The summed E-state index contributed by atoms with van der Waals surface area (Å²) in [5, 5.41) is 2.48. The Morgan fingerprint density at radius 2 is 1.92 bits per heavy atom. The second-order valence-corrected chi connectivity index (χ2v) is 5.11.